The van der Waals surface area contributed by atoms with Crippen LogP contribution in [0.3, 0.4) is 0 Å². The van der Waals surface area contributed by atoms with Gasteiger partial charge in [0.2, 0.25) is 0 Å². The molecular formula is C16H21N3S. The maximum atomic E-state index is 4.44. The van der Waals surface area contributed by atoms with Gasteiger partial charge < -0.3 is 5.32 Å². The van der Waals surface area contributed by atoms with Crippen LogP contribution < -0.4 is 5.32 Å². The number of hydrogen-bond donors (Lipinski definition) is 1. The Morgan fingerprint density at radius 3 is 2.90 bits per heavy atom. The van der Waals surface area contributed by atoms with E-state index in [1.54, 1.807) is 11.3 Å². The van der Waals surface area contributed by atoms with Gasteiger partial charge in [-0.2, -0.15) is 0 Å². The van der Waals surface area contributed by atoms with Gasteiger partial charge in [-0.15, -0.1) is 10.2 Å². The summed E-state index contributed by atoms with van der Waals surface area (Å²) in [6.07, 6.45) is 3.33. The van der Waals surface area contributed by atoms with E-state index in [2.05, 4.69) is 53.6 Å². The summed E-state index contributed by atoms with van der Waals surface area (Å²) in [5.41, 5.74) is 2.90. The molecule has 1 N–H and O–H groups in total. The van der Waals surface area contributed by atoms with Crippen LogP contribution in [0.15, 0.2) is 24.3 Å². The van der Waals surface area contributed by atoms with Gasteiger partial charge in [0.05, 0.1) is 6.04 Å². The molecule has 2 unspecified atom stereocenters. The molecule has 0 bridgehead atoms. The van der Waals surface area contributed by atoms with Crippen LogP contribution in [0.4, 0.5) is 0 Å². The van der Waals surface area contributed by atoms with Crippen LogP contribution in [0.25, 0.3) is 0 Å². The molecule has 0 saturated carbocycles. The van der Waals surface area contributed by atoms with Crippen molar-refractivity contribution < 1.29 is 0 Å². The first-order valence-corrected chi connectivity index (χ1v) is 8.29. The van der Waals surface area contributed by atoms with E-state index in [0.29, 0.717) is 12.0 Å². The molecular weight excluding hydrogens is 266 g/mol. The minimum Gasteiger partial charge on any atom is -0.308 e. The lowest BCUT2D eigenvalue weighted by Gasteiger charge is -2.27. The van der Waals surface area contributed by atoms with Gasteiger partial charge in [0.15, 0.2) is 0 Å². The van der Waals surface area contributed by atoms with Crippen molar-refractivity contribution in [2.45, 2.75) is 45.1 Å². The summed E-state index contributed by atoms with van der Waals surface area (Å²) in [6, 6.07) is 9.02. The second-order valence-electron chi connectivity index (χ2n) is 5.35. The lowest BCUT2D eigenvalue weighted by Crippen LogP contribution is -2.21. The van der Waals surface area contributed by atoms with E-state index in [0.717, 1.165) is 30.8 Å². The lowest BCUT2D eigenvalue weighted by atomic mass is 9.78. The summed E-state index contributed by atoms with van der Waals surface area (Å²) in [5, 5.41) is 14.7. The maximum absolute atomic E-state index is 4.44. The van der Waals surface area contributed by atoms with Crippen molar-refractivity contribution in [1.29, 1.82) is 0 Å². The third-order valence-corrected chi connectivity index (χ3v) is 5.11. The molecule has 0 amide bonds. The Labute approximate surface area is 124 Å². The fourth-order valence-electron chi connectivity index (χ4n) is 2.73. The number of rotatable bonds is 6. The Bertz CT molecular complexity index is 579. The van der Waals surface area contributed by atoms with Crippen LogP contribution in [-0.4, -0.2) is 16.7 Å². The Morgan fingerprint density at radius 1 is 1.30 bits per heavy atom. The van der Waals surface area contributed by atoms with Crippen LogP contribution in [0, 0.1) is 0 Å². The molecule has 4 heteroatoms. The summed E-state index contributed by atoms with van der Waals surface area (Å²) in [5.74, 6) is 0.473. The summed E-state index contributed by atoms with van der Waals surface area (Å²) in [4.78, 5) is 0. The van der Waals surface area contributed by atoms with Crippen molar-refractivity contribution in [2.75, 3.05) is 6.54 Å². The normalized spacial score (nSPS) is 18.4. The van der Waals surface area contributed by atoms with Gasteiger partial charge in [0.25, 0.3) is 0 Å². The number of fused-ring (bicyclic) bond motifs is 1. The fourth-order valence-corrected chi connectivity index (χ4v) is 3.85. The monoisotopic (exact) mass is 287 g/mol. The highest BCUT2D eigenvalue weighted by Gasteiger charge is 2.30. The van der Waals surface area contributed by atoms with Crippen molar-refractivity contribution in [3.05, 3.63) is 45.4 Å². The van der Waals surface area contributed by atoms with E-state index >= 15 is 0 Å². The van der Waals surface area contributed by atoms with Crippen LogP contribution in [0.5, 0.6) is 0 Å². The molecule has 3 rings (SSSR count). The largest absolute Gasteiger partial charge is 0.308 e. The molecule has 1 heterocycles. The van der Waals surface area contributed by atoms with Crippen molar-refractivity contribution in [3.63, 3.8) is 0 Å². The fraction of sp³-hybridized carbons (Fsp3) is 0.500. The SMILES string of the molecule is CCCNC(CC)c1nnc(C2Cc3ccccc32)s1. The van der Waals surface area contributed by atoms with Gasteiger partial charge >= 0.3 is 0 Å². The summed E-state index contributed by atoms with van der Waals surface area (Å²) in [6.45, 7) is 5.43. The number of hydrogen-bond acceptors (Lipinski definition) is 4. The number of aromatic nitrogens is 2. The Balaban J connectivity index is 1.75. The van der Waals surface area contributed by atoms with E-state index < -0.39 is 0 Å². The highest BCUT2D eigenvalue weighted by atomic mass is 32.1. The molecule has 0 spiro atoms. The Morgan fingerprint density at radius 2 is 2.15 bits per heavy atom. The van der Waals surface area contributed by atoms with Crippen LogP contribution in [-0.2, 0) is 6.42 Å². The van der Waals surface area contributed by atoms with Crippen LogP contribution in [0.2, 0.25) is 0 Å². The molecule has 2 aromatic rings. The van der Waals surface area contributed by atoms with Gasteiger partial charge in [-0.1, -0.05) is 49.4 Å². The summed E-state index contributed by atoms with van der Waals surface area (Å²) in [7, 11) is 0. The molecule has 1 aromatic heterocycles. The lowest BCUT2D eigenvalue weighted by molar-refractivity contribution is 0.512. The molecule has 0 saturated heterocycles. The average molecular weight is 287 g/mol. The van der Waals surface area contributed by atoms with Crippen molar-refractivity contribution >= 4 is 11.3 Å². The van der Waals surface area contributed by atoms with E-state index in [-0.39, 0.29) is 0 Å². The molecule has 0 radical (unpaired) electrons. The standard InChI is InChI=1S/C16H21N3S/c1-3-9-17-14(4-2)16-19-18-15(20-16)13-10-11-7-5-6-8-12(11)13/h5-8,13-14,17H,3-4,9-10H2,1-2H3. The topological polar surface area (TPSA) is 37.8 Å². The maximum Gasteiger partial charge on any atom is 0.134 e. The third kappa shape index (κ3) is 2.50. The third-order valence-electron chi connectivity index (χ3n) is 3.96. The summed E-state index contributed by atoms with van der Waals surface area (Å²) >= 11 is 1.78. The first-order chi connectivity index (χ1) is 9.83. The second kappa shape index (κ2) is 6.02. The zero-order chi connectivity index (χ0) is 13.9. The van der Waals surface area contributed by atoms with E-state index in [1.165, 1.54) is 16.1 Å². The van der Waals surface area contributed by atoms with Gasteiger partial charge in [0, 0.05) is 5.92 Å². The molecule has 0 fully saturated rings. The van der Waals surface area contributed by atoms with Crippen molar-refractivity contribution in [1.82, 2.24) is 15.5 Å². The Kier molecular flexibility index (Phi) is 4.13. The molecule has 3 nitrogen and oxygen atoms in total. The zero-order valence-electron chi connectivity index (χ0n) is 12.1. The smallest absolute Gasteiger partial charge is 0.134 e. The number of nitrogens with zero attached hydrogens (tertiary/aromatic N) is 2. The summed E-state index contributed by atoms with van der Waals surface area (Å²) < 4.78 is 0. The van der Waals surface area contributed by atoms with Crippen LogP contribution in [0.1, 0.15) is 59.8 Å². The first-order valence-electron chi connectivity index (χ1n) is 7.48. The first kappa shape index (κ1) is 13.7. The van der Waals surface area contributed by atoms with Crippen molar-refractivity contribution in [3.8, 4) is 0 Å². The average Bonchev–Trinajstić information content (AvgIpc) is 2.90. The minimum atomic E-state index is 0.358. The van der Waals surface area contributed by atoms with Gasteiger partial charge in [0.1, 0.15) is 10.0 Å². The highest BCUT2D eigenvalue weighted by Crippen LogP contribution is 2.41. The predicted molar refractivity (Wildman–Crippen MR) is 83.2 cm³/mol. The predicted octanol–water partition coefficient (Wildman–Crippen LogP) is 3.68. The van der Waals surface area contributed by atoms with Gasteiger partial charge in [-0.05, 0) is 36.9 Å². The van der Waals surface area contributed by atoms with E-state index in [9.17, 15) is 0 Å². The minimum absolute atomic E-state index is 0.358. The molecule has 1 aromatic carbocycles. The quantitative estimate of drug-likeness (QED) is 0.880. The van der Waals surface area contributed by atoms with Crippen LogP contribution >= 0.6 is 11.3 Å². The van der Waals surface area contributed by atoms with E-state index in [4.69, 9.17) is 0 Å². The van der Waals surface area contributed by atoms with Gasteiger partial charge in [-0.25, -0.2) is 0 Å². The second-order valence-corrected chi connectivity index (χ2v) is 6.39. The molecule has 106 valence electrons. The molecule has 1 aliphatic rings. The van der Waals surface area contributed by atoms with Crippen molar-refractivity contribution in [2.24, 2.45) is 0 Å². The van der Waals surface area contributed by atoms with Gasteiger partial charge in [-0.3, -0.25) is 0 Å². The number of nitrogens with one attached hydrogen (secondary N) is 1. The number of benzene rings is 1. The molecule has 20 heavy (non-hydrogen) atoms. The molecule has 0 aliphatic heterocycles. The molecule has 2 atom stereocenters. The van der Waals surface area contributed by atoms with E-state index in [1.807, 2.05) is 0 Å². The zero-order valence-corrected chi connectivity index (χ0v) is 12.9. The molecule has 1 aliphatic carbocycles. The Hall–Kier alpha value is -1.26. The highest BCUT2D eigenvalue weighted by molar-refractivity contribution is 7.11.